The van der Waals surface area contributed by atoms with Gasteiger partial charge in [0.05, 0.1) is 5.41 Å². The molecule has 2 aliphatic heterocycles. The largest absolute Gasteiger partial charge is 0.463 e. The monoisotopic (exact) mass is 335 g/mol. The summed E-state index contributed by atoms with van der Waals surface area (Å²) in [6.07, 6.45) is 9.73. The Bertz CT molecular complexity index is 922. The maximum atomic E-state index is 6.56. The molecule has 120 valence electrons. The second-order valence-corrected chi connectivity index (χ2v) is 7.31. The van der Waals surface area contributed by atoms with Crippen LogP contribution in [0, 0.1) is 12.3 Å². The van der Waals surface area contributed by atoms with E-state index in [0.717, 1.165) is 27.6 Å². The second kappa shape index (κ2) is 4.82. The summed E-state index contributed by atoms with van der Waals surface area (Å²) < 4.78 is 6.56. The van der Waals surface area contributed by atoms with Crippen LogP contribution in [0.1, 0.15) is 30.5 Å². The number of anilines is 1. The molecule has 0 N–H and O–H groups in total. The lowest BCUT2D eigenvalue weighted by molar-refractivity contribution is 0.0582. The molecule has 0 amide bonds. The maximum absolute atomic E-state index is 6.56. The standard InChI is InChI=1S/C21H18ClNO/c1-5-14-6-9-19-15(12-14)10-11-21(24-19)20(2,3)17-13-16(22)7-8-18(17)23(21)4/h1,6-13H,2-4H3. The van der Waals surface area contributed by atoms with Crippen LogP contribution in [0.4, 0.5) is 5.69 Å². The van der Waals surface area contributed by atoms with Gasteiger partial charge in [0.15, 0.2) is 0 Å². The molecule has 0 aliphatic carbocycles. The fourth-order valence-corrected chi connectivity index (χ4v) is 4.05. The van der Waals surface area contributed by atoms with Gasteiger partial charge >= 0.3 is 0 Å². The van der Waals surface area contributed by atoms with E-state index in [1.807, 2.05) is 30.3 Å². The van der Waals surface area contributed by atoms with Gasteiger partial charge in [0, 0.05) is 28.9 Å². The molecule has 4 rings (SSSR count). The first kappa shape index (κ1) is 15.2. The molecule has 0 saturated carbocycles. The fourth-order valence-electron chi connectivity index (χ4n) is 3.87. The van der Waals surface area contributed by atoms with Gasteiger partial charge in [-0.25, -0.2) is 0 Å². The van der Waals surface area contributed by atoms with Gasteiger partial charge < -0.3 is 9.64 Å². The van der Waals surface area contributed by atoms with Crippen molar-refractivity contribution in [1.29, 1.82) is 0 Å². The second-order valence-electron chi connectivity index (χ2n) is 6.87. The van der Waals surface area contributed by atoms with Crippen molar-refractivity contribution in [3.05, 3.63) is 64.2 Å². The molecule has 1 spiro atoms. The number of rotatable bonds is 0. The van der Waals surface area contributed by atoms with Crippen molar-refractivity contribution in [3.8, 4) is 18.1 Å². The van der Waals surface area contributed by atoms with E-state index in [1.54, 1.807) is 0 Å². The smallest absolute Gasteiger partial charge is 0.211 e. The molecule has 1 atom stereocenters. The molecule has 2 nitrogen and oxygen atoms in total. The van der Waals surface area contributed by atoms with Crippen molar-refractivity contribution < 1.29 is 4.74 Å². The Balaban J connectivity index is 1.87. The van der Waals surface area contributed by atoms with Gasteiger partial charge in [0.25, 0.3) is 0 Å². The van der Waals surface area contributed by atoms with Gasteiger partial charge in [-0.05, 0) is 68.0 Å². The summed E-state index contributed by atoms with van der Waals surface area (Å²) in [5, 5.41) is 0.742. The number of fused-ring (bicyclic) bond motifs is 2. The van der Waals surface area contributed by atoms with E-state index in [9.17, 15) is 0 Å². The summed E-state index contributed by atoms with van der Waals surface area (Å²) >= 11 is 6.24. The summed E-state index contributed by atoms with van der Waals surface area (Å²) in [5.41, 5.74) is 3.33. The molecule has 2 aromatic carbocycles. The SMILES string of the molecule is C#Cc1ccc2c(c1)C=CC1(O2)N(C)c2ccc(Cl)cc2C1(C)C. The highest BCUT2D eigenvalue weighted by molar-refractivity contribution is 6.30. The third-order valence-electron chi connectivity index (χ3n) is 5.32. The highest BCUT2D eigenvalue weighted by Gasteiger charge is 2.57. The number of ether oxygens (including phenoxy) is 1. The Morgan fingerprint density at radius 2 is 1.96 bits per heavy atom. The zero-order chi connectivity index (χ0) is 17.1. The van der Waals surface area contributed by atoms with Crippen molar-refractivity contribution in [3.63, 3.8) is 0 Å². The van der Waals surface area contributed by atoms with Crippen LogP contribution in [0.25, 0.3) is 6.08 Å². The van der Waals surface area contributed by atoms with Gasteiger partial charge in [-0.3, -0.25) is 0 Å². The summed E-state index contributed by atoms with van der Waals surface area (Å²) in [6.45, 7) is 4.38. The number of halogens is 1. The summed E-state index contributed by atoms with van der Waals surface area (Å²) in [7, 11) is 2.06. The van der Waals surface area contributed by atoms with E-state index in [4.69, 9.17) is 22.8 Å². The van der Waals surface area contributed by atoms with Crippen molar-refractivity contribution in [1.82, 2.24) is 0 Å². The Morgan fingerprint density at radius 3 is 2.71 bits per heavy atom. The number of nitrogens with zero attached hydrogens (tertiary/aromatic N) is 1. The Labute approximate surface area is 147 Å². The number of terminal acetylenes is 1. The van der Waals surface area contributed by atoms with Crippen LogP contribution in [0.15, 0.2) is 42.5 Å². The summed E-state index contributed by atoms with van der Waals surface area (Å²) in [5.74, 6) is 3.51. The average molecular weight is 336 g/mol. The molecule has 0 radical (unpaired) electrons. The van der Waals surface area contributed by atoms with Crippen LogP contribution in [-0.2, 0) is 5.41 Å². The van der Waals surface area contributed by atoms with Crippen LogP contribution in [0.2, 0.25) is 5.02 Å². The minimum atomic E-state index is -0.593. The number of likely N-dealkylation sites (N-methyl/N-ethyl adjacent to an activating group) is 1. The molecule has 0 saturated heterocycles. The predicted molar refractivity (Wildman–Crippen MR) is 99.7 cm³/mol. The molecule has 1 unspecified atom stereocenters. The van der Waals surface area contributed by atoms with Gasteiger partial charge in [-0.1, -0.05) is 17.5 Å². The molecule has 2 aliphatic rings. The normalized spacial score (nSPS) is 22.7. The minimum Gasteiger partial charge on any atom is -0.463 e. The van der Waals surface area contributed by atoms with E-state index in [2.05, 4.69) is 49.9 Å². The molecule has 3 heteroatoms. The van der Waals surface area contributed by atoms with E-state index in [0.29, 0.717) is 0 Å². The van der Waals surface area contributed by atoms with Gasteiger partial charge in [-0.15, -0.1) is 6.42 Å². The lowest BCUT2D eigenvalue weighted by Crippen LogP contribution is -2.58. The van der Waals surface area contributed by atoms with Gasteiger partial charge in [0.1, 0.15) is 5.75 Å². The minimum absolute atomic E-state index is 0.263. The first-order valence-electron chi connectivity index (χ1n) is 7.92. The quantitative estimate of drug-likeness (QED) is 0.638. The Hall–Kier alpha value is -2.37. The highest BCUT2D eigenvalue weighted by Crippen LogP contribution is 2.54. The van der Waals surface area contributed by atoms with Gasteiger partial charge in [-0.2, -0.15) is 0 Å². The van der Waals surface area contributed by atoms with Crippen molar-refractivity contribution in [2.24, 2.45) is 0 Å². The predicted octanol–water partition coefficient (Wildman–Crippen LogP) is 4.85. The molecule has 2 aromatic rings. The zero-order valence-corrected chi connectivity index (χ0v) is 14.7. The van der Waals surface area contributed by atoms with Crippen LogP contribution < -0.4 is 9.64 Å². The third kappa shape index (κ3) is 1.79. The number of hydrogen-bond acceptors (Lipinski definition) is 2. The lowest BCUT2D eigenvalue weighted by Gasteiger charge is -2.45. The topological polar surface area (TPSA) is 12.5 Å². The zero-order valence-electron chi connectivity index (χ0n) is 13.9. The van der Waals surface area contributed by atoms with E-state index < -0.39 is 5.72 Å². The van der Waals surface area contributed by atoms with Crippen LogP contribution in [-0.4, -0.2) is 12.8 Å². The molecule has 2 heterocycles. The van der Waals surface area contributed by atoms with Crippen molar-refractivity contribution in [2.45, 2.75) is 25.0 Å². The van der Waals surface area contributed by atoms with E-state index >= 15 is 0 Å². The van der Waals surface area contributed by atoms with Crippen molar-refractivity contribution in [2.75, 3.05) is 11.9 Å². The molecular weight excluding hydrogens is 318 g/mol. The Kier molecular flexibility index (Phi) is 3.04. The summed E-state index contributed by atoms with van der Waals surface area (Å²) in [6, 6.07) is 11.9. The van der Waals surface area contributed by atoms with Crippen LogP contribution in [0.3, 0.4) is 0 Å². The molecular formula is C21H18ClNO. The van der Waals surface area contributed by atoms with E-state index in [1.165, 1.54) is 5.56 Å². The number of benzene rings is 2. The maximum Gasteiger partial charge on any atom is 0.211 e. The molecule has 0 fully saturated rings. The first-order chi connectivity index (χ1) is 11.4. The van der Waals surface area contributed by atoms with Gasteiger partial charge in [0.2, 0.25) is 5.72 Å². The third-order valence-corrected chi connectivity index (χ3v) is 5.55. The van der Waals surface area contributed by atoms with Crippen molar-refractivity contribution >= 4 is 23.4 Å². The van der Waals surface area contributed by atoms with E-state index in [-0.39, 0.29) is 5.41 Å². The molecule has 0 aromatic heterocycles. The Morgan fingerprint density at radius 1 is 1.17 bits per heavy atom. The van der Waals surface area contributed by atoms with Crippen LogP contribution in [0.5, 0.6) is 5.75 Å². The first-order valence-corrected chi connectivity index (χ1v) is 8.30. The lowest BCUT2D eigenvalue weighted by atomic mass is 9.76. The fraction of sp³-hybridized carbons (Fsp3) is 0.238. The van der Waals surface area contributed by atoms with Crippen LogP contribution >= 0.6 is 11.6 Å². The molecule has 24 heavy (non-hydrogen) atoms. The highest BCUT2D eigenvalue weighted by atomic mass is 35.5. The summed E-state index contributed by atoms with van der Waals surface area (Å²) in [4.78, 5) is 2.19. The average Bonchev–Trinajstić information content (AvgIpc) is 2.73. The number of hydrogen-bond donors (Lipinski definition) is 0. The molecule has 0 bridgehead atoms.